The van der Waals surface area contributed by atoms with Crippen LogP contribution in [0.15, 0.2) is 34.4 Å². The van der Waals surface area contributed by atoms with Crippen LogP contribution in [0.1, 0.15) is 19.8 Å². The van der Waals surface area contributed by atoms with Gasteiger partial charge in [0.2, 0.25) is 0 Å². The van der Waals surface area contributed by atoms with E-state index in [0.717, 1.165) is 25.9 Å². The van der Waals surface area contributed by atoms with Gasteiger partial charge in [-0.1, -0.05) is 6.92 Å². The van der Waals surface area contributed by atoms with Gasteiger partial charge in [0.05, 0.1) is 36.4 Å². The first-order valence-electron chi connectivity index (χ1n) is 10.2. The molecule has 0 aromatic heterocycles. The van der Waals surface area contributed by atoms with Crippen LogP contribution < -0.4 is 10.2 Å². The second-order valence-corrected chi connectivity index (χ2v) is 10.1. The van der Waals surface area contributed by atoms with E-state index in [-0.39, 0.29) is 35.9 Å². The first kappa shape index (κ1) is 23.1. The number of rotatable bonds is 7. The number of nitrogens with zero attached hydrogens (tertiary/aromatic N) is 2. The number of nitrogens with one attached hydrogen (secondary N) is 1. The molecule has 9 nitrogen and oxygen atoms in total. The quantitative estimate of drug-likeness (QED) is 0.590. The molecular formula is C21H29N3O6S. The van der Waals surface area contributed by atoms with E-state index in [1.807, 2.05) is 0 Å². The Balaban J connectivity index is 1.99. The van der Waals surface area contributed by atoms with Crippen LogP contribution in [-0.4, -0.2) is 76.5 Å². The van der Waals surface area contributed by atoms with Gasteiger partial charge in [0, 0.05) is 31.6 Å². The second-order valence-electron chi connectivity index (χ2n) is 8.07. The molecule has 1 aromatic rings. The summed E-state index contributed by atoms with van der Waals surface area (Å²) < 4.78 is 29.6. The predicted octanol–water partition coefficient (Wildman–Crippen LogP) is 1.000. The Labute approximate surface area is 182 Å². The minimum absolute atomic E-state index is 0.0340. The first-order chi connectivity index (χ1) is 14.7. The molecule has 10 heteroatoms. The maximum Gasteiger partial charge on any atom is 0.337 e. The molecule has 0 saturated carbocycles. The highest BCUT2D eigenvalue weighted by Gasteiger charge is 2.34. The van der Waals surface area contributed by atoms with E-state index in [1.54, 1.807) is 12.1 Å². The molecule has 1 unspecified atom stereocenters. The van der Waals surface area contributed by atoms with Crippen molar-refractivity contribution in [2.45, 2.75) is 24.7 Å². The van der Waals surface area contributed by atoms with Gasteiger partial charge in [-0.2, -0.15) is 0 Å². The highest BCUT2D eigenvalue weighted by atomic mass is 32.2. The number of amides is 1. The number of piperidine rings is 1. The number of β-amino-alcohol motifs (C(OH)–C–C–N with tert-alkyl or cyclic N) is 1. The number of ether oxygens (including phenoxy) is 1. The molecule has 2 heterocycles. The van der Waals surface area contributed by atoms with E-state index in [0.29, 0.717) is 17.3 Å². The molecule has 3 rings (SSSR count). The zero-order chi connectivity index (χ0) is 22.8. The summed E-state index contributed by atoms with van der Waals surface area (Å²) >= 11 is 0. The fourth-order valence-corrected chi connectivity index (χ4v) is 4.94. The zero-order valence-corrected chi connectivity index (χ0v) is 18.9. The summed E-state index contributed by atoms with van der Waals surface area (Å²) in [5.41, 5.74) is 1.32. The van der Waals surface area contributed by atoms with Crippen molar-refractivity contribution in [1.82, 2.24) is 4.90 Å². The van der Waals surface area contributed by atoms with Gasteiger partial charge < -0.3 is 25.0 Å². The van der Waals surface area contributed by atoms with Crippen LogP contribution in [0.3, 0.4) is 0 Å². The van der Waals surface area contributed by atoms with Crippen LogP contribution in [0.2, 0.25) is 0 Å². The van der Waals surface area contributed by atoms with Crippen molar-refractivity contribution in [2.75, 3.05) is 56.4 Å². The number of hydrogen-bond donors (Lipinski definition) is 2. The molecule has 2 aliphatic rings. The zero-order valence-electron chi connectivity index (χ0n) is 18.1. The van der Waals surface area contributed by atoms with E-state index >= 15 is 0 Å². The SMILES string of the molecule is COC(=O)C1=C(Nc2ccc(S(C)(=O)=O)c(N3CCCC(C)C3)c2)C(=O)N(CCO)C1. The summed E-state index contributed by atoms with van der Waals surface area (Å²) in [6.45, 7) is 3.52. The number of benzene rings is 1. The van der Waals surface area contributed by atoms with Gasteiger partial charge in [0.1, 0.15) is 5.70 Å². The van der Waals surface area contributed by atoms with Gasteiger partial charge in [-0.25, -0.2) is 13.2 Å². The number of anilines is 2. The smallest absolute Gasteiger partial charge is 0.337 e. The number of carbonyl (C=O) groups is 2. The first-order valence-corrected chi connectivity index (χ1v) is 12.1. The fraction of sp³-hybridized carbons (Fsp3) is 0.524. The molecule has 1 aromatic carbocycles. The van der Waals surface area contributed by atoms with Crippen molar-refractivity contribution in [2.24, 2.45) is 5.92 Å². The summed E-state index contributed by atoms with van der Waals surface area (Å²) in [6.07, 6.45) is 3.24. The van der Waals surface area contributed by atoms with E-state index < -0.39 is 21.7 Å². The standard InChI is InChI=1S/C21H29N3O6S/c1-14-5-4-8-23(12-14)17-11-15(6-7-18(17)31(3,28)29)22-19-16(21(27)30-2)13-24(9-10-25)20(19)26/h6-7,11,14,22,25H,4-5,8-10,12-13H2,1-3H3. The van der Waals surface area contributed by atoms with Crippen LogP contribution in [0.5, 0.6) is 0 Å². The lowest BCUT2D eigenvalue weighted by Gasteiger charge is -2.34. The molecule has 0 spiro atoms. The average molecular weight is 452 g/mol. The Hall–Kier alpha value is -2.59. The summed E-state index contributed by atoms with van der Waals surface area (Å²) in [5, 5.41) is 12.2. The molecule has 1 saturated heterocycles. The normalized spacial score (nSPS) is 19.7. The number of aliphatic hydroxyl groups excluding tert-OH is 1. The molecular weight excluding hydrogens is 422 g/mol. The van der Waals surface area contributed by atoms with Crippen molar-refractivity contribution in [3.63, 3.8) is 0 Å². The third kappa shape index (κ3) is 5.01. The average Bonchev–Trinajstić information content (AvgIpc) is 3.02. The molecule has 31 heavy (non-hydrogen) atoms. The minimum atomic E-state index is -3.46. The van der Waals surface area contributed by atoms with Crippen molar-refractivity contribution in [3.8, 4) is 0 Å². The molecule has 170 valence electrons. The topological polar surface area (TPSA) is 116 Å². The summed E-state index contributed by atoms with van der Waals surface area (Å²) in [6, 6.07) is 4.81. The van der Waals surface area contributed by atoms with Gasteiger partial charge in [0.15, 0.2) is 9.84 Å². The van der Waals surface area contributed by atoms with Crippen LogP contribution in [-0.2, 0) is 24.2 Å². The van der Waals surface area contributed by atoms with Gasteiger partial charge in [-0.15, -0.1) is 0 Å². The Morgan fingerprint density at radius 1 is 1.35 bits per heavy atom. The summed E-state index contributed by atoms with van der Waals surface area (Å²) in [4.78, 5) is 28.6. The second kappa shape index (κ2) is 9.27. The highest BCUT2D eigenvalue weighted by molar-refractivity contribution is 7.90. The van der Waals surface area contributed by atoms with E-state index in [2.05, 4.69) is 17.1 Å². The molecule has 2 aliphatic heterocycles. The highest BCUT2D eigenvalue weighted by Crippen LogP contribution is 2.33. The maximum absolute atomic E-state index is 12.8. The van der Waals surface area contributed by atoms with Gasteiger partial charge in [-0.3, -0.25) is 4.79 Å². The molecule has 1 fully saturated rings. The lowest BCUT2D eigenvalue weighted by molar-refractivity contribution is -0.136. The minimum Gasteiger partial charge on any atom is -0.466 e. The van der Waals surface area contributed by atoms with E-state index in [9.17, 15) is 23.1 Å². The maximum atomic E-state index is 12.8. The van der Waals surface area contributed by atoms with E-state index in [1.165, 1.54) is 24.3 Å². The van der Waals surface area contributed by atoms with Crippen molar-refractivity contribution in [3.05, 3.63) is 29.5 Å². The third-order valence-electron chi connectivity index (χ3n) is 5.58. The fourth-order valence-electron chi connectivity index (χ4n) is 4.06. The van der Waals surface area contributed by atoms with Crippen LogP contribution in [0, 0.1) is 5.92 Å². The van der Waals surface area contributed by atoms with Crippen molar-refractivity contribution < 1.29 is 27.9 Å². The monoisotopic (exact) mass is 451 g/mol. The number of aliphatic hydroxyl groups is 1. The lowest BCUT2D eigenvalue weighted by Crippen LogP contribution is -2.35. The van der Waals surface area contributed by atoms with Crippen LogP contribution in [0.4, 0.5) is 11.4 Å². The molecule has 1 atom stereocenters. The Morgan fingerprint density at radius 3 is 2.71 bits per heavy atom. The lowest BCUT2D eigenvalue weighted by atomic mass is 9.99. The number of hydrogen-bond acceptors (Lipinski definition) is 8. The van der Waals surface area contributed by atoms with Gasteiger partial charge >= 0.3 is 5.97 Å². The van der Waals surface area contributed by atoms with Crippen molar-refractivity contribution in [1.29, 1.82) is 0 Å². The van der Waals surface area contributed by atoms with Crippen LogP contribution >= 0.6 is 0 Å². The van der Waals surface area contributed by atoms with Crippen molar-refractivity contribution >= 4 is 33.1 Å². The number of methoxy groups -OCH3 is 1. The molecule has 0 radical (unpaired) electrons. The largest absolute Gasteiger partial charge is 0.466 e. The molecule has 0 aliphatic carbocycles. The number of esters is 1. The van der Waals surface area contributed by atoms with Gasteiger partial charge in [0.25, 0.3) is 5.91 Å². The van der Waals surface area contributed by atoms with E-state index in [4.69, 9.17) is 4.74 Å². The predicted molar refractivity (Wildman–Crippen MR) is 116 cm³/mol. The summed E-state index contributed by atoms with van der Waals surface area (Å²) in [7, 11) is -2.22. The molecule has 1 amide bonds. The Kier molecular flexibility index (Phi) is 6.90. The van der Waals surface area contributed by atoms with Gasteiger partial charge in [-0.05, 0) is 37.0 Å². The van der Waals surface area contributed by atoms with Crippen LogP contribution in [0.25, 0.3) is 0 Å². The number of sulfone groups is 1. The molecule has 0 bridgehead atoms. The molecule has 2 N–H and O–H groups in total. The number of carbonyl (C=O) groups excluding carboxylic acids is 2. The Bertz CT molecular complexity index is 1000. The third-order valence-corrected chi connectivity index (χ3v) is 6.72. The summed E-state index contributed by atoms with van der Waals surface area (Å²) in [5.74, 6) is -0.612. The Morgan fingerprint density at radius 2 is 2.10 bits per heavy atom.